The molecule has 2 nitrogen and oxygen atoms in total. The summed E-state index contributed by atoms with van der Waals surface area (Å²) in [4.78, 5) is 4.76. The zero-order valence-corrected chi connectivity index (χ0v) is 15.4. The topological polar surface area (TPSA) is 24.9 Å². The molecule has 4 heteroatoms. The van der Waals surface area contributed by atoms with Crippen molar-refractivity contribution in [2.75, 3.05) is 4.72 Å². The molecule has 23 heavy (non-hydrogen) atoms. The second-order valence-corrected chi connectivity index (χ2v) is 9.40. The van der Waals surface area contributed by atoms with Crippen LogP contribution in [0.4, 0.5) is 5.13 Å². The van der Waals surface area contributed by atoms with Gasteiger partial charge in [-0.15, -0.1) is 0 Å². The SMILES string of the molecule is c1ccc2sc(NSC3(C4CCCCC4)CCCCC3)nc2c1. The summed E-state index contributed by atoms with van der Waals surface area (Å²) >= 11 is 3.81. The van der Waals surface area contributed by atoms with Crippen LogP contribution >= 0.6 is 23.3 Å². The lowest BCUT2D eigenvalue weighted by Crippen LogP contribution is -2.39. The molecule has 2 fully saturated rings. The largest absolute Gasteiger partial charge is 0.305 e. The Kier molecular flexibility index (Phi) is 4.81. The third-order valence-corrected chi connectivity index (χ3v) is 8.21. The van der Waals surface area contributed by atoms with Crippen LogP contribution in [0.5, 0.6) is 0 Å². The van der Waals surface area contributed by atoms with E-state index in [1.54, 1.807) is 11.3 Å². The van der Waals surface area contributed by atoms with Gasteiger partial charge in [0.25, 0.3) is 0 Å². The van der Waals surface area contributed by atoms with Gasteiger partial charge in [-0.2, -0.15) is 0 Å². The van der Waals surface area contributed by atoms with E-state index in [1.165, 1.54) is 68.9 Å². The van der Waals surface area contributed by atoms with Crippen LogP contribution in [0, 0.1) is 5.92 Å². The molecule has 1 N–H and O–H groups in total. The molecule has 0 unspecified atom stereocenters. The monoisotopic (exact) mass is 346 g/mol. The highest BCUT2D eigenvalue weighted by Gasteiger charge is 2.41. The molecule has 1 aromatic carbocycles. The molecule has 2 aliphatic rings. The summed E-state index contributed by atoms with van der Waals surface area (Å²) in [6.07, 6.45) is 14.2. The molecule has 1 aromatic heterocycles. The van der Waals surface area contributed by atoms with E-state index in [1.807, 2.05) is 11.9 Å². The molecule has 2 aromatic rings. The molecular formula is C19H26N2S2. The Hall–Kier alpha value is -0.740. The summed E-state index contributed by atoms with van der Waals surface area (Å²) in [5.41, 5.74) is 1.12. The van der Waals surface area contributed by atoms with Gasteiger partial charge in [-0.05, 0) is 55.7 Å². The number of anilines is 1. The lowest BCUT2D eigenvalue weighted by molar-refractivity contribution is 0.228. The number of rotatable bonds is 4. The maximum Gasteiger partial charge on any atom is 0.193 e. The van der Waals surface area contributed by atoms with E-state index in [0.717, 1.165) is 16.6 Å². The normalized spacial score (nSPS) is 22.3. The van der Waals surface area contributed by atoms with Gasteiger partial charge in [-0.25, -0.2) is 4.98 Å². The van der Waals surface area contributed by atoms with Gasteiger partial charge in [0.2, 0.25) is 0 Å². The molecule has 0 aliphatic heterocycles. The zero-order valence-electron chi connectivity index (χ0n) is 13.7. The fourth-order valence-electron chi connectivity index (χ4n) is 4.43. The highest BCUT2D eigenvalue weighted by atomic mass is 32.2. The first-order valence-electron chi connectivity index (χ1n) is 9.15. The van der Waals surface area contributed by atoms with Crippen molar-refractivity contribution in [2.45, 2.75) is 69.0 Å². The van der Waals surface area contributed by atoms with Crippen molar-refractivity contribution in [3.8, 4) is 0 Å². The summed E-state index contributed by atoms with van der Waals surface area (Å²) in [6, 6.07) is 8.45. The van der Waals surface area contributed by atoms with Crippen molar-refractivity contribution < 1.29 is 0 Å². The Morgan fingerprint density at radius 3 is 2.52 bits per heavy atom. The van der Waals surface area contributed by atoms with Gasteiger partial charge < -0.3 is 4.72 Å². The quantitative estimate of drug-likeness (QED) is 0.628. The van der Waals surface area contributed by atoms with Crippen molar-refractivity contribution >= 4 is 38.6 Å². The second-order valence-electron chi connectivity index (χ2n) is 7.15. The van der Waals surface area contributed by atoms with Crippen LogP contribution in [0.2, 0.25) is 0 Å². The number of para-hydroxylation sites is 1. The van der Waals surface area contributed by atoms with Gasteiger partial charge in [0.05, 0.1) is 10.2 Å². The van der Waals surface area contributed by atoms with Crippen molar-refractivity contribution in [1.82, 2.24) is 4.98 Å². The number of benzene rings is 1. The molecule has 1 heterocycles. The van der Waals surface area contributed by atoms with E-state index in [4.69, 9.17) is 4.98 Å². The maximum absolute atomic E-state index is 4.76. The fraction of sp³-hybridized carbons (Fsp3) is 0.632. The number of thiazole rings is 1. The lowest BCUT2D eigenvalue weighted by atomic mass is 9.72. The van der Waals surface area contributed by atoms with Crippen molar-refractivity contribution in [1.29, 1.82) is 0 Å². The highest BCUT2D eigenvalue weighted by molar-refractivity contribution is 8.02. The molecule has 124 valence electrons. The Balaban J connectivity index is 1.50. The predicted octanol–water partition coefficient (Wildman–Crippen LogP) is 6.64. The van der Waals surface area contributed by atoms with E-state index in [2.05, 4.69) is 29.0 Å². The minimum Gasteiger partial charge on any atom is -0.305 e. The molecule has 2 aliphatic carbocycles. The molecule has 0 atom stereocenters. The van der Waals surface area contributed by atoms with Gasteiger partial charge in [0.1, 0.15) is 0 Å². The number of nitrogens with one attached hydrogen (secondary N) is 1. The third kappa shape index (κ3) is 3.39. The van der Waals surface area contributed by atoms with E-state index in [9.17, 15) is 0 Å². The van der Waals surface area contributed by atoms with Gasteiger partial charge in [-0.1, -0.05) is 62.0 Å². The van der Waals surface area contributed by atoms with Gasteiger partial charge in [0.15, 0.2) is 5.13 Å². The summed E-state index contributed by atoms with van der Waals surface area (Å²) in [5, 5.41) is 1.08. The van der Waals surface area contributed by atoms with Crippen LogP contribution < -0.4 is 4.72 Å². The predicted molar refractivity (Wildman–Crippen MR) is 103 cm³/mol. The minimum atomic E-state index is 0.455. The van der Waals surface area contributed by atoms with Crippen LogP contribution in [0.15, 0.2) is 24.3 Å². The maximum atomic E-state index is 4.76. The fourth-order valence-corrected chi connectivity index (χ4v) is 6.67. The molecule has 4 rings (SSSR count). The first-order chi connectivity index (χ1) is 11.4. The third-order valence-electron chi connectivity index (χ3n) is 5.68. The van der Waals surface area contributed by atoms with E-state index >= 15 is 0 Å². The van der Waals surface area contributed by atoms with Crippen LogP contribution in [0.1, 0.15) is 64.2 Å². The summed E-state index contributed by atoms with van der Waals surface area (Å²) < 4.78 is 5.40. The molecule has 0 radical (unpaired) electrons. The first-order valence-corrected chi connectivity index (χ1v) is 10.8. The second kappa shape index (κ2) is 7.02. The number of aromatic nitrogens is 1. The summed E-state index contributed by atoms with van der Waals surface area (Å²) in [7, 11) is 0. The molecule has 0 amide bonds. The Labute approximate surface area is 147 Å². The zero-order chi connectivity index (χ0) is 15.5. The summed E-state index contributed by atoms with van der Waals surface area (Å²) in [5.74, 6) is 0.906. The van der Waals surface area contributed by atoms with Gasteiger partial charge >= 0.3 is 0 Å². The number of nitrogens with zero attached hydrogens (tertiary/aromatic N) is 1. The van der Waals surface area contributed by atoms with Crippen LogP contribution in [-0.2, 0) is 0 Å². The van der Waals surface area contributed by atoms with E-state index in [0.29, 0.717) is 4.75 Å². The van der Waals surface area contributed by atoms with Crippen LogP contribution in [-0.4, -0.2) is 9.73 Å². The standard InChI is InChI=1S/C19H26N2S2/c1-3-9-15(10-4-1)19(13-7-2-8-14-19)23-21-18-20-16-11-5-6-12-17(16)22-18/h5-6,11-12,15H,1-4,7-10,13-14H2,(H,20,21). The Morgan fingerprint density at radius 2 is 1.74 bits per heavy atom. The van der Waals surface area contributed by atoms with E-state index in [-0.39, 0.29) is 0 Å². The molecule has 2 saturated carbocycles. The Morgan fingerprint density at radius 1 is 1.00 bits per heavy atom. The highest BCUT2D eigenvalue weighted by Crippen LogP contribution is 2.50. The smallest absolute Gasteiger partial charge is 0.193 e. The molecule has 0 spiro atoms. The number of fused-ring (bicyclic) bond motifs is 1. The van der Waals surface area contributed by atoms with E-state index < -0.39 is 0 Å². The number of hydrogen-bond donors (Lipinski definition) is 1. The molecule has 0 saturated heterocycles. The van der Waals surface area contributed by atoms with Crippen LogP contribution in [0.25, 0.3) is 10.2 Å². The molecule has 0 bridgehead atoms. The first kappa shape index (κ1) is 15.8. The average Bonchev–Trinajstić information content (AvgIpc) is 3.05. The van der Waals surface area contributed by atoms with Crippen LogP contribution in [0.3, 0.4) is 0 Å². The van der Waals surface area contributed by atoms with Crippen molar-refractivity contribution in [2.24, 2.45) is 5.92 Å². The summed E-state index contributed by atoms with van der Waals surface area (Å²) in [6.45, 7) is 0. The average molecular weight is 347 g/mol. The lowest BCUT2D eigenvalue weighted by Gasteiger charge is -2.44. The van der Waals surface area contributed by atoms with Crippen molar-refractivity contribution in [3.63, 3.8) is 0 Å². The molecular weight excluding hydrogens is 320 g/mol. The van der Waals surface area contributed by atoms with Gasteiger partial charge in [0, 0.05) is 4.75 Å². The Bertz CT molecular complexity index is 607. The number of hydrogen-bond acceptors (Lipinski definition) is 4. The van der Waals surface area contributed by atoms with Gasteiger partial charge in [-0.3, -0.25) is 0 Å². The van der Waals surface area contributed by atoms with Crippen molar-refractivity contribution in [3.05, 3.63) is 24.3 Å². The minimum absolute atomic E-state index is 0.455.